The summed E-state index contributed by atoms with van der Waals surface area (Å²) in [6.07, 6.45) is 0. The predicted molar refractivity (Wildman–Crippen MR) is 89.7 cm³/mol. The van der Waals surface area contributed by atoms with Crippen LogP contribution in [-0.4, -0.2) is 49.0 Å². The van der Waals surface area contributed by atoms with Gasteiger partial charge in [-0.15, -0.1) is 0 Å². The molecule has 2 aromatic rings. The SMILES string of the molecule is CN(CCN)CCNC(=O)c1ccc(-c2ccc([N+](=O)[O-])cc2)o1. The van der Waals surface area contributed by atoms with Gasteiger partial charge in [0.15, 0.2) is 5.76 Å². The number of hydrogen-bond donors (Lipinski definition) is 2. The second kappa shape index (κ2) is 8.23. The average Bonchev–Trinajstić information content (AvgIpc) is 3.05. The molecule has 1 aromatic carbocycles. The third-order valence-electron chi connectivity index (χ3n) is 3.48. The number of nitro benzene ring substituents is 1. The van der Waals surface area contributed by atoms with Crippen molar-refractivity contribution in [1.82, 2.24) is 10.2 Å². The Bertz CT molecular complexity index is 696. The molecule has 0 aliphatic carbocycles. The Morgan fingerprint density at radius 3 is 2.58 bits per heavy atom. The lowest BCUT2D eigenvalue weighted by atomic mass is 10.1. The highest BCUT2D eigenvalue weighted by atomic mass is 16.6. The number of nitrogens with one attached hydrogen (secondary N) is 1. The molecule has 3 N–H and O–H groups in total. The molecular formula is C16H20N4O4. The first-order valence-corrected chi connectivity index (χ1v) is 7.52. The van der Waals surface area contributed by atoms with Crippen molar-refractivity contribution in [1.29, 1.82) is 0 Å². The van der Waals surface area contributed by atoms with Gasteiger partial charge in [0.1, 0.15) is 5.76 Å². The number of furan rings is 1. The van der Waals surface area contributed by atoms with Crippen molar-refractivity contribution in [2.24, 2.45) is 5.73 Å². The monoisotopic (exact) mass is 332 g/mol. The van der Waals surface area contributed by atoms with Gasteiger partial charge in [-0.05, 0) is 31.3 Å². The minimum Gasteiger partial charge on any atom is -0.451 e. The maximum Gasteiger partial charge on any atom is 0.287 e. The Kier molecular flexibility index (Phi) is 6.05. The van der Waals surface area contributed by atoms with Gasteiger partial charge in [-0.25, -0.2) is 0 Å². The lowest BCUT2D eigenvalue weighted by Crippen LogP contribution is -2.35. The lowest BCUT2D eigenvalue weighted by molar-refractivity contribution is -0.384. The number of rotatable bonds is 8. The van der Waals surface area contributed by atoms with Crippen molar-refractivity contribution in [3.8, 4) is 11.3 Å². The van der Waals surface area contributed by atoms with E-state index in [-0.39, 0.29) is 17.4 Å². The smallest absolute Gasteiger partial charge is 0.287 e. The lowest BCUT2D eigenvalue weighted by Gasteiger charge is -2.14. The van der Waals surface area contributed by atoms with E-state index in [4.69, 9.17) is 10.2 Å². The third kappa shape index (κ3) is 4.64. The molecule has 128 valence electrons. The topological polar surface area (TPSA) is 115 Å². The summed E-state index contributed by atoms with van der Waals surface area (Å²) < 4.78 is 5.52. The van der Waals surface area contributed by atoms with E-state index in [0.29, 0.717) is 31.0 Å². The van der Waals surface area contributed by atoms with Crippen LogP contribution >= 0.6 is 0 Å². The summed E-state index contributed by atoms with van der Waals surface area (Å²) in [5, 5.41) is 13.4. The fourth-order valence-corrected chi connectivity index (χ4v) is 2.14. The molecule has 0 aliphatic heterocycles. The highest BCUT2D eigenvalue weighted by Gasteiger charge is 2.13. The third-order valence-corrected chi connectivity index (χ3v) is 3.48. The Balaban J connectivity index is 1.94. The molecule has 0 bridgehead atoms. The molecule has 2 rings (SSSR count). The highest BCUT2D eigenvalue weighted by molar-refractivity contribution is 5.92. The van der Waals surface area contributed by atoms with E-state index in [0.717, 1.165) is 6.54 Å². The Labute approximate surface area is 139 Å². The maximum absolute atomic E-state index is 12.0. The molecule has 0 unspecified atom stereocenters. The number of carbonyl (C=O) groups excluding carboxylic acids is 1. The van der Waals surface area contributed by atoms with Crippen LogP contribution in [0.1, 0.15) is 10.6 Å². The number of nitrogens with zero attached hydrogens (tertiary/aromatic N) is 2. The number of non-ortho nitro benzene ring substituents is 1. The van der Waals surface area contributed by atoms with E-state index in [1.54, 1.807) is 24.3 Å². The standard InChI is InChI=1S/C16H20N4O4/c1-19(10-8-17)11-9-18-16(21)15-7-6-14(24-15)12-2-4-13(5-3-12)20(22)23/h2-7H,8-11,17H2,1H3,(H,18,21). The number of carbonyl (C=O) groups is 1. The van der Waals surface area contributed by atoms with Crippen molar-refractivity contribution in [3.63, 3.8) is 0 Å². The van der Waals surface area contributed by atoms with Crippen LogP contribution in [0, 0.1) is 10.1 Å². The van der Waals surface area contributed by atoms with Crippen LogP contribution in [0.3, 0.4) is 0 Å². The fourth-order valence-electron chi connectivity index (χ4n) is 2.14. The van der Waals surface area contributed by atoms with Crippen molar-refractivity contribution in [2.45, 2.75) is 0 Å². The summed E-state index contributed by atoms with van der Waals surface area (Å²) in [6, 6.07) is 9.20. The molecular weight excluding hydrogens is 312 g/mol. The van der Waals surface area contributed by atoms with E-state index in [1.165, 1.54) is 12.1 Å². The van der Waals surface area contributed by atoms with E-state index >= 15 is 0 Å². The molecule has 1 heterocycles. The molecule has 0 atom stereocenters. The minimum atomic E-state index is -0.466. The zero-order valence-corrected chi connectivity index (χ0v) is 13.4. The van der Waals surface area contributed by atoms with Gasteiger partial charge in [-0.3, -0.25) is 14.9 Å². The van der Waals surface area contributed by atoms with Crippen LogP contribution in [0.2, 0.25) is 0 Å². The van der Waals surface area contributed by atoms with Gasteiger partial charge in [0.25, 0.3) is 11.6 Å². The first kappa shape index (κ1) is 17.6. The molecule has 1 aromatic heterocycles. The number of nitro groups is 1. The first-order chi connectivity index (χ1) is 11.5. The maximum atomic E-state index is 12.0. The zero-order chi connectivity index (χ0) is 17.5. The second-order valence-electron chi connectivity index (χ2n) is 5.32. The van der Waals surface area contributed by atoms with Crippen LogP contribution in [0.5, 0.6) is 0 Å². The van der Waals surface area contributed by atoms with E-state index < -0.39 is 4.92 Å². The van der Waals surface area contributed by atoms with E-state index in [1.807, 2.05) is 11.9 Å². The zero-order valence-electron chi connectivity index (χ0n) is 13.4. The Morgan fingerprint density at radius 1 is 1.25 bits per heavy atom. The minimum absolute atomic E-state index is 0.00451. The fraction of sp³-hybridized carbons (Fsp3) is 0.312. The highest BCUT2D eigenvalue weighted by Crippen LogP contribution is 2.24. The van der Waals surface area contributed by atoms with Crippen LogP contribution in [0.25, 0.3) is 11.3 Å². The second-order valence-corrected chi connectivity index (χ2v) is 5.32. The van der Waals surface area contributed by atoms with Gasteiger partial charge < -0.3 is 20.4 Å². The van der Waals surface area contributed by atoms with Gasteiger partial charge in [-0.1, -0.05) is 0 Å². The van der Waals surface area contributed by atoms with Crippen LogP contribution < -0.4 is 11.1 Å². The summed E-state index contributed by atoms with van der Waals surface area (Å²) >= 11 is 0. The quantitative estimate of drug-likeness (QED) is 0.559. The summed E-state index contributed by atoms with van der Waals surface area (Å²) in [5.74, 6) is 0.379. The largest absolute Gasteiger partial charge is 0.451 e. The van der Waals surface area contributed by atoms with Crippen molar-refractivity contribution in [3.05, 3.63) is 52.3 Å². The molecule has 8 heteroatoms. The van der Waals surface area contributed by atoms with Crippen molar-refractivity contribution >= 4 is 11.6 Å². The summed E-state index contributed by atoms with van der Waals surface area (Å²) in [4.78, 5) is 24.2. The van der Waals surface area contributed by atoms with Crippen LogP contribution in [0.15, 0.2) is 40.8 Å². The summed E-state index contributed by atoms with van der Waals surface area (Å²) in [6.45, 7) is 2.52. The molecule has 24 heavy (non-hydrogen) atoms. The van der Waals surface area contributed by atoms with Gasteiger partial charge in [0.05, 0.1) is 4.92 Å². The van der Waals surface area contributed by atoms with Crippen LogP contribution in [0.4, 0.5) is 5.69 Å². The normalized spacial score (nSPS) is 10.8. The van der Waals surface area contributed by atoms with Gasteiger partial charge in [-0.2, -0.15) is 0 Å². The molecule has 0 aliphatic rings. The van der Waals surface area contributed by atoms with Gasteiger partial charge in [0.2, 0.25) is 0 Å². The summed E-state index contributed by atoms with van der Waals surface area (Å²) in [7, 11) is 1.93. The number of likely N-dealkylation sites (N-methyl/N-ethyl adjacent to an activating group) is 1. The molecule has 1 amide bonds. The van der Waals surface area contributed by atoms with Gasteiger partial charge >= 0.3 is 0 Å². The van der Waals surface area contributed by atoms with Gasteiger partial charge in [0, 0.05) is 43.9 Å². The predicted octanol–water partition coefficient (Wildman–Crippen LogP) is 1.48. The van der Waals surface area contributed by atoms with E-state index in [2.05, 4.69) is 5.32 Å². The molecule has 8 nitrogen and oxygen atoms in total. The first-order valence-electron chi connectivity index (χ1n) is 7.52. The summed E-state index contributed by atoms with van der Waals surface area (Å²) in [5.41, 5.74) is 6.13. The van der Waals surface area contributed by atoms with Crippen molar-refractivity contribution < 1.29 is 14.1 Å². The Hall–Kier alpha value is -2.71. The number of hydrogen-bond acceptors (Lipinski definition) is 6. The van der Waals surface area contributed by atoms with Crippen molar-refractivity contribution in [2.75, 3.05) is 33.2 Å². The molecule has 0 spiro atoms. The number of nitrogens with two attached hydrogens (primary N) is 1. The molecule has 0 saturated carbocycles. The van der Waals surface area contributed by atoms with Crippen LogP contribution in [-0.2, 0) is 0 Å². The molecule has 0 saturated heterocycles. The average molecular weight is 332 g/mol. The molecule has 0 fully saturated rings. The number of benzene rings is 1. The molecule has 0 radical (unpaired) electrons. The number of amides is 1. The van der Waals surface area contributed by atoms with E-state index in [9.17, 15) is 14.9 Å². The Morgan fingerprint density at radius 2 is 1.96 bits per heavy atom.